The number of hydrogen-bond donors (Lipinski definition) is 2. The van der Waals surface area contributed by atoms with Crippen molar-refractivity contribution in [3.63, 3.8) is 0 Å². The van der Waals surface area contributed by atoms with E-state index in [0.29, 0.717) is 6.42 Å². The molecule has 1 heterocycles. The maximum atomic E-state index is 11.8. The molecular weight excluding hydrogens is 324 g/mol. The predicted molar refractivity (Wildman–Crippen MR) is 84.9 cm³/mol. The predicted octanol–water partition coefficient (Wildman–Crippen LogP) is 0.669. The monoisotopic (exact) mass is 342 g/mol. The van der Waals surface area contributed by atoms with Gasteiger partial charge >= 0.3 is 0 Å². The first kappa shape index (κ1) is 16.8. The summed E-state index contributed by atoms with van der Waals surface area (Å²) < 4.78 is 22.6. The number of nitrogens with one attached hydrogen (secondary N) is 2. The third-order valence-corrected chi connectivity index (χ3v) is 6.10. The summed E-state index contributed by atoms with van der Waals surface area (Å²) in [5, 5.41) is 0. The maximum Gasteiger partial charge on any atom is 0.248 e. The van der Waals surface area contributed by atoms with E-state index in [9.17, 15) is 18.0 Å². The molecule has 0 aromatic heterocycles. The van der Waals surface area contributed by atoms with Gasteiger partial charge < -0.3 is 0 Å². The van der Waals surface area contributed by atoms with Crippen molar-refractivity contribution in [1.82, 2.24) is 10.9 Å². The number of thioether (sulfide) groups is 1. The van der Waals surface area contributed by atoms with Crippen molar-refractivity contribution in [1.29, 1.82) is 0 Å². The molecule has 2 rings (SSSR count). The fourth-order valence-corrected chi connectivity index (χ4v) is 4.49. The zero-order valence-corrected chi connectivity index (χ0v) is 13.8. The second kappa shape index (κ2) is 7.15. The van der Waals surface area contributed by atoms with Crippen molar-refractivity contribution < 1.29 is 18.0 Å². The highest BCUT2D eigenvalue weighted by Crippen LogP contribution is 2.19. The molecule has 2 N–H and O–H groups in total. The molecule has 1 atom stereocenters. The van der Waals surface area contributed by atoms with E-state index in [4.69, 9.17) is 0 Å². The van der Waals surface area contributed by atoms with Crippen LogP contribution >= 0.6 is 11.8 Å². The maximum absolute atomic E-state index is 11.8. The van der Waals surface area contributed by atoms with E-state index in [1.807, 2.05) is 31.2 Å². The van der Waals surface area contributed by atoms with Crippen LogP contribution in [0.4, 0.5) is 0 Å². The van der Waals surface area contributed by atoms with Crippen LogP contribution in [-0.2, 0) is 19.4 Å². The van der Waals surface area contributed by atoms with Gasteiger partial charge in [0.05, 0.1) is 23.2 Å². The first-order valence-electron chi connectivity index (χ1n) is 6.84. The lowest BCUT2D eigenvalue weighted by Gasteiger charge is -2.10. The summed E-state index contributed by atoms with van der Waals surface area (Å²) in [7, 11) is -3.11. The number of carbonyl (C=O) groups is 2. The van der Waals surface area contributed by atoms with E-state index < -0.39 is 21.7 Å². The van der Waals surface area contributed by atoms with Gasteiger partial charge in [0.15, 0.2) is 9.84 Å². The Morgan fingerprint density at radius 2 is 1.91 bits per heavy atom. The van der Waals surface area contributed by atoms with E-state index in [2.05, 4.69) is 10.9 Å². The van der Waals surface area contributed by atoms with Crippen LogP contribution in [0, 0.1) is 12.8 Å². The molecule has 120 valence electrons. The van der Waals surface area contributed by atoms with E-state index >= 15 is 0 Å². The number of hydrogen-bond acceptors (Lipinski definition) is 5. The lowest BCUT2D eigenvalue weighted by Crippen LogP contribution is -2.45. The van der Waals surface area contributed by atoms with E-state index in [1.54, 1.807) is 0 Å². The van der Waals surface area contributed by atoms with E-state index in [-0.39, 0.29) is 23.2 Å². The average Bonchev–Trinajstić information content (AvgIpc) is 2.84. The summed E-state index contributed by atoms with van der Waals surface area (Å²) in [4.78, 5) is 24.4. The largest absolute Gasteiger partial charge is 0.273 e. The summed E-state index contributed by atoms with van der Waals surface area (Å²) >= 11 is 1.36. The van der Waals surface area contributed by atoms with Crippen LogP contribution < -0.4 is 10.9 Å². The number of hydrazine groups is 1. The summed E-state index contributed by atoms with van der Waals surface area (Å²) in [5.41, 5.74) is 5.75. The zero-order valence-electron chi connectivity index (χ0n) is 12.2. The molecule has 1 aromatic carbocycles. The van der Waals surface area contributed by atoms with Gasteiger partial charge in [-0.05, 0) is 25.5 Å². The Balaban J connectivity index is 1.71. The van der Waals surface area contributed by atoms with Crippen LogP contribution in [0.25, 0.3) is 0 Å². The summed E-state index contributed by atoms with van der Waals surface area (Å²) in [6, 6.07) is 7.77. The number of rotatable bonds is 4. The molecule has 0 unspecified atom stereocenters. The van der Waals surface area contributed by atoms with Crippen LogP contribution in [0.5, 0.6) is 0 Å². The number of amides is 2. The lowest BCUT2D eigenvalue weighted by atomic mass is 10.1. The SMILES string of the molecule is Cc1ccc(SCC(=O)NNC(=O)[C@@H]2CCS(=O)(=O)C2)cc1. The van der Waals surface area contributed by atoms with Gasteiger partial charge in [-0.25, -0.2) is 8.42 Å². The Hall–Kier alpha value is -1.54. The Labute approximate surface area is 133 Å². The minimum Gasteiger partial charge on any atom is -0.273 e. The molecule has 8 heteroatoms. The first-order chi connectivity index (χ1) is 10.4. The van der Waals surface area contributed by atoms with Gasteiger partial charge in [0.1, 0.15) is 0 Å². The summed E-state index contributed by atoms with van der Waals surface area (Å²) in [5.74, 6) is -1.30. The van der Waals surface area contributed by atoms with E-state index in [0.717, 1.165) is 10.5 Å². The molecule has 0 aliphatic carbocycles. The molecule has 1 fully saturated rings. The van der Waals surface area contributed by atoms with Crippen LogP contribution in [-0.4, -0.2) is 37.5 Å². The highest BCUT2D eigenvalue weighted by atomic mass is 32.2. The fourth-order valence-electron chi connectivity index (χ4n) is 2.05. The molecule has 0 radical (unpaired) electrons. The Kier molecular flexibility index (Phi) is 5.47. The minimum absolute atomic E-state index is 0.0301. The van der Waals surface area contributed by atoms with Crippen LogP contribution in [0.2, 0.25) is 0 Å². The number of benzene rings is 1. The molecule has 22 heavy (non-hydrogen) atoms. The van der Waals surface area contributed by atoms with Gasteiger partial charge in [0, 0.05) is 4.90 Å². The quantitative estimate of drug-likeness (QED) is 0.620. The van der Waals surface area contributed by atoms with Crippen molar-refractivity contribution in [2.24, 2.45) is 5.92 Å². The molecule has 1 saturated heterocycles. The fraction of sp³-hybridized carbons (Fsp3) is 0.429. The molecule has 2 amide bonds. The van der Waals surface area contributed by atoms with Crippen molar-refractivity contribution in [2.45, 2.75) is 18.2 Å². The Morgan fingerprint density at radius 3 is 2.50 bits per heavy atom. The van der Waals surface area contributed by atoms with Gasteiger partial charge in [-0.2, -0.15) is 0 Å². The zero-order chi connectivity index (χ0) is 16.2. The topological polar surface area (TPSA) is 92.3 Å². The second-order valence-electron chi connectivity index (χ2n) is 5.24. The number of sulfone groups is 1. The smallest absolute Gasteiger partial charge is 0.248 e. The molecule has 0 spiro atoms. The minimum atomic E-state index is -3.11. The average molecular weight is 342 g/mol. The van der Waals surface area contributed by atoms with Crippen LogP contribution in [0.1, 0.15) is 12.0 Å². The summed E-state index contributed by atoms with van der Waals surface area (Å²) in [6.07, 6.45) is 0.308. The molecule has 0 saturated carbocycles. The van der Waals surface area contributed by atoms with Gasteiger partial charge in [0.2, 0.25) is 11.8 Å². The standard InChI is InChI=1S/C14H18N2O4S2/c1-10-2-4-12(5-3-10)21-8-13(17)15-16-14(18)11-6-7-22(19,20)9-11/h2-5,11H,6-9H2,1H3,(H,15,17)(H,16,18)/t11-/m1/s1. The molecular formula is C14H18N2O4S2. The molecule has 6 nitrogen and oxygen atoms in total. The second-order valence-corrected chi connectivity index (χ2v) is 8.52. The molecule has 1 aliphatic rings. The van der Waals surface area contributed by atoms with Crippen molar-refractivity contribution in [3.8, 4) is 0 Å². The van der Waals surface area contributed by atoms with Gasteiger partial charge in [-0.15, -0.1) is 11.8 Å². The van der Waals surface area contributed by atoms with Gasteiger partial charge in [0.25, 0.3) is 0 Å². The van der Waals surface area contributed by atoms with Crippen molar-refractivity contribution in [2.75, 3.05) is 17.3 Å². The normalized spacial score (nSPS) is 19.6. The van der Waals surface area contributed by atoms with Gasteiger partial charge in [-0.1, -0.05) is 17.7 Å². The lowest BCUT2D eigenvalue weighted by molar-refractivity contribution is -0.129. The highest BCUT2D eigenvalue weighted by Gasteiger charge is 2.33. The van der Waals surface area contributed by atoms with Crippen molar-refractivity contribution >= 4 is 33.4 Å². The van der Waals surface area contributed by atoms with Crippen LogP contribution in [0.3, 0.4) is 0 Å². The van der Waals surface area contributed by atoms with Crippen molar-refractivity contribution in [3.05, 3.63) is 29.8 Å². The molecule has 0 bridgehead atoms. The third kappa shape index (κ3) is 5.03. The Morgan fingerprint density at radius 1 is 1.23 bits per heavy atom. The van der Waals surface area contributed by atoms with E-state index in [1.165, 1.54) is 11.8 Å². The Bertz CT molecular complexity index is 656. The van der Waals surface area contributed by atoms with Crippen LogP contribution in [0.15, 0.2) is 29.2 Å². The first-order valence-corrected chi connectivity index (χ1v) is 9.65. The molecule has 1 aliphatic heterocycles. The summed E-state index contributed by atoms with van der Waals surface area (Å²) in [6.45, 7) is 1.99. The number of aryl methyl sites for hydroxylation is 1. The highest BCUT2D eigenvalue weighted by molar-refractivity contribution is 8.00. The molecule has 1 aromatic rings. The number of carbonyl (C=O) groups excluding carboxylic acids is 2. The third-order valence-electron chi connectivity index (χ3n) is 3.32. The van der Waals surface area contributed by atoms with Gasteiger partial charge in [-0.3, -0.25) is 20.4 Å².